The second-order valence-electron chi connectivity index (χ2n) is 8.22. The maximum Gasteiger partial charge on any atom is 0.416 e. The lowest BCUT2D eigenvalue weighted by Crippen LogP contribution is -2.45. The third-order valence-corrected chi connectivity index (χ3v) is 6.39. The van der Waals surface area contributed by atoms with E-state index in [1.54, 1.807) is 0 Å². The molecular weight excluding hydrogens is 356 g/mol. The van der Waals surface area contributed by atoms with Crippen molar-refractivity contribution in [3.05, 3.63) is 29.3 Å². The summed E-state index contributed by atoms with van der Waals surface area (Å²) < 4.78 is 0. The molecule has 1 aromatic carbocycles. The zero-order valence-corrected chi connectivity index (χ0v) is 17.5. The number of hydrogen-bond donors (Lipinski definition) is 2. The highest BCUT2D eigenvalue weighted by Gasteiger charge is 2.52. The number of fused-ring (bicyclic) bond motifs is 3. The lowest BCUT2D eigenvalue weighted by atomic mass is 9.80. The first kappa shape index (κ1) is 20.5. The zero-order chi connectivity index (χ0) is 20.6. The number of nitrogens with one attached hydrogen (secondary N) is 1. The predicted molar refractivity (Wildman–Crippen MR) is 110 cm³/mol. The maximum absolute atomic E-state index is 12.5. The molecule has 28 heavy (non-hydrogen) atoms. The minimum atomic E-state index is -1.22. The molecule has 3 atom stereocenters. The normalized spacial score (nSPS) is 24.6. The summed E-state index contributed by atoms with van der Waals surface area (Å²) in [7, 11) is 4.27. The van der Waals surface area contributed by atoms with Gasteiger partial charge in [0.25, 0.3) is 0 Å². The van der Waals surface area contributed by atoms with Crippen LogP contribution in [0.4, 0.5) is 15.3 Å². The number of carboxylic acid groups (broad SMARTS) is 1. The van der Waals surface area contributed by atoms with Gasteiger partial charge in [-0.2, -0.15) is 0 Å². The monoisotopic (exact) mass is 388 g/mol. The number of likely N-dealkylation sites (N-methyl/N-ethyl adjacent to an activating group) is 2. The van der Waals surface area contributed by atoms with Crippen LogP contribution in [0.15, 0.2) is 18.2 Å². The maximum atomic E-state index is 12.5. The summed E-state index contributed by atoms with van der Waals surface area (Å²) in [6.07, 6.45) is 1.43. The second-order valence-corrected chi connectivity index (χ2v) is 8.22. The number of likely N-dealkylation sites (tertiary alicyclic amines) is 1. The molecule has 1 fully saturated rings. The molecular formula is C21H32N4O3. The molecule has 3 amide bonds. The quantitative estimate of drug-likeness (QED) is 0.806. The third kappa shape index (κ3) is 3.11. The molecule has 1 saturated heterocycles. The Kier molecular flexibility index (Phi) is 5.57. The molecule has 1 unspecified atom stereocenters. The molecule has 0 bridgehead atoms. The second kappa shape index (κ2) is 7.62. The molecule has 2 aliphatic rings. The fourth-order valence-corrected chi connectivity index (χ4v) is 5.05. The van der Waals surface area contributed by atoms with E-state index in [4.69, 9.17) is 0 Å². The minimum absolute atomic E-state index is 0.00561. The largest absolute Gasteiger partial charge is 0.465 e. The summed E-state index contributed by atoms with van der Waals surface area (Å²) in [5.74, 6) is 0. The zero-order valence-electron chi connectivity index (χ0n) is 17.5. The van der Waals surface area contributed by atoms with Crippen molar-refractivity contribution >= 4 is 17.8 Å². The number of urea groups is 1. The Balaban J connectivity index is 1.98. The van der Waals surface area contributed by atoms with Gasteiger partial charge in [-0.3, -0.25) is 4.90 Å². The Morgan fingerprint density at radius 2 is 2.07 bits per heavy atom. The summed E-state index contributed by atoms with van der Waals surface area (Å²) in [6, 6.07) is 5.11. The van der Waals surface area contributed by atoms with E-state index in [2.05, 4.69) is 48.3 Å². The number of benzene rings is 1. The van der Waals surface area contributed by atoms with Gasteiger partial charge in [0.1, 0.15) is 0 Å². The minimum Gasteiger partial charge on any atom is -0.465 e. The Labute approximate surface area is 167 Å². The topological polar surface area (TPSA) is 76.1 Å². The van der Waals surface area contributed by atoms with Gasteiger partial charge in [-0.15, -0.1) is 0 Å². The van der Waals surface area contributed by atoms with Crippen LogP contribution in [0.3, 0.4) is 0 Å². The summed E-state index contributed by atoms with van der Waals surface area (Å²) in [6.45, 7) is 7.64. The van der Waals surface area contributed by atoms with E-state index in [9.17, 15) is 14.7 Å². The number of anilines is 1. The lowest BCUT2D eigenvalue weighted by Gasteiger charge is -2.32. The van der Waals surface area contributed by atoms with Gasteiger partial charge >= 0.3 is 12.1 Å². The predicted octanol–water partition coefficient (Wildman–Crippen LogP) is 3.61. The molecule has 0 radical (unpaired) electrons. The number of hydrogen-bond acceptors (Lipinski definition) is 4. The molecule has 0 saturated carbocycles. The number of carbonyl (C=O) groups excluding carboxylic acids is 1. The Morgan fingerprint density at radius 3 is 2.68 bits per heavy atom. The first-order valence-electron chi connectivity index (χ1n) is 10.1. The van der Waals surface area contributed by atoms with Crippen molar-refractivity contribution in [3.8, 4) is 0 Å². The van der Waals surface area contributed by atoms with Gasteiger partial charge in [-0.25, -0.2) is 14.5 Å². The molecule has 2 N–H and O–H groups in total. The van der Waals surface area contributed by atoms with Gasteiger partial charge in [0.05, 0.1) is 12.2 Å². The molecule has 3 rings (SSSR count). The Hall–Kier alpha value is -2.28. The summed E-state index contributed by atoms with van der Waals surface area (Å²) in [5, 5.41) is 12.4. The van der Waals surface area contributed by atoms with E-state index < -0.39 is 18.2 Å². The smallest absolute Gasteiger partial charge is 0.416 e. The molecule has 0 aromatic heterocycles. The molecule has 154 valence electrons. The van der Waals surface area contributed by atoms with Crippen LogP contribution in [0.1, 0.15) is 57.2 Å². The molecule has 2 aliphatic heterocycles. The van der Waals surface area contributed by atoms with Crippen molar-refractivity contribution in [1.29, 1.82) is 0 Å². The highest BCUT2D eigenvalue weighted by atomic mass is 16.4. The number of carbonyl (C=O) groups is 2. The van der Waals surface area contributed by atoms with Gasteiger partial charge in [0.2, 0.25) is 0 Å². The SMILES string of the molecule is CCCNC(=O)N(C(=O)O)C(CC)c1ccc2c(c1)[C@]1(C)CCN(C)[C@@H]1N2C. The van der Waals surface area contributed by atoms with Crippen molar-refractivity contribution in [2.24, 2.45) is 0 Å². The lowest BCUT2D eigenvalue weighted by molar-refractivity contribution is 0.130. The Morgan fingerprint density at radius 1 is 1.36 bits per heavy atom. The third-order valence-electron chi connectivity index (χ3n) is 6.39. The van der Waals surface area contributed by atoms with E-state index in [1.807, 2.05) is 19.9 Å². The Bertz CT molecular complexity index is 768. The van der Waals surface area contributed by atoms with Crippen LogP contribution < -0.4 is 10.2 Å². The number of imide groups is 1. The fraction of sp³-hybridized carbons (Fsp3) is 0.619. The van der Waals surface area contributed by atoms with E-state index in [0.29, 0.717) is 19.1 Å². The van der Waals surface area contributed by atoms with Gasteiger partial charge in [-0.05, 0) is 43.5 Å². The molecule has 0 aliphatic carbocycles. The fourth-order valence-electron chi connectivity index (χ4n) is 5.05. The summed E-state index contributed by atoms with van der Waals surface area (Å²) in [5.41, 5.74) is 3.32. The van der Waals surface area contributed by atoms with Crippen LogP contribution in [0.2, 0.25) is 0 Å². The van der Waals surface area contributed by atoms with Crippen LogP contribution in [0.5, 0.6) is 0 Å². The van der Waals surface area contributed by atoms with Crippen LogP contribution in [-0.2, 0) is 5.41 Å². The van der Waals surface area contributed by atoms with E-state index in [0.717, 1.165) is 29.8 Å². The van der Waals surface area contributed by atoms with Gasteiger partial charge in [0.15, 0.2) is 0 Å². The molecule has 0 spiro atoms. The molecule has 1 aromatic rings. The van der Waals surface area contributed by atoms with E-state index in [-0.39, 0.29) is 5.41 Å². The van der Waals surface area contributed by atoms with Crippen LogP contribution in [0.25, 0.3) is 0 Å². The molecule has 7 nitrogen and oxygen atoms in total. The summed E-state index contributed by atoms with van der Waals surface area (Å²) >= 11 is 0. The van der Waals surface area contributed by atoms with Crippen LogP contribution >= 0.6 is 0 Å². The van der Waals surface area contributed by atoms with Gasteiger partial charge in [0, 0.05) is 31.2 Å². The number of rotatable bonds is 5. The van der Waals surface area contributed by atoms with Crippen LogP contribution in [-0.4, -0.2) is 60.4 Å². The molecule has 7 heteroatoms. The molecule has 2 heterocycles. The first-order chi connectivity index (χ1) is 13.3. The number of nitrogens with zero attached hydrogens (tertiary/aromatic N) is 3. The van der Waals surface area contributed by atoms with Crippen molar-refractivity contribution in [2.75, 3.05) is 32.1 Å². The van der Waals surface area contributed by atoms with E-state index >= 15 is 0 Å². The summed E-state index contributed by atoms with van der Waals surface area (Å²) in [4.78, 5) is 30.0. The average molecular weight is 389 g/mol. The van der Waals surface area contributed by atoms with Gasteiger partial charge in [-0.1, -0.05) is 32.9 Å². The van der Waals surface area contributed by atoms with E-state index in [1.165, 1.54) is 11.3 Å². The highest BCUT2D eigenvalue weighted by Crippen LogP contribution is 2.51. The average Bonchev–Trinajstić information content (AvgIpc) is 3.09. The van der Waals surface area contributed by atoms with Gasteiger partial charge < -0.3 is 15.3 Å². The van der Waals surface area contributed by atoms with Crippen molar-refractivity contribution in [3.63, 3.8) is 0 Å². The van der Waals surface area contributed by atoms with Crippen molar-refractivity contribution in [1.82, 2.24) is 15.1 Å². The van der Waals surface area contributed by atoms with Crippen molar-refractivity contribution in [2.45, 2.75) is 57.7 Å². The number of amides is 3. The van der Waals surface area contributed by atoms with Crippen LogP contribution in [0, 0.1) is 0 Å². The highest BCUT2D eigenvalue weighted by molar-refractivity contribution is 5.90. The first-order valence-corrected chi connectivity index (χ1v) is 10.1. The van der Waals surface area contributed by atoms with Crippen molar-refractivity contribution < 1.29 is 14.7 Å². The standard InChI is InChI=1S/C21H32N4O3/c1-6-11-22-19(26)25(20(27)28)16(7-2)14-8-9-17-15(13-14)21(3)10-12-23(4)18(21)24(17)5/h8-9,13,16,18H,6-7,10-12H2,1-5H3,(H,22,26)(H,27,28)/t16?,18-,21+/m1/s1.